The Hall–Kier alpha value is -2.15. The number of nitrogens with one attached hydrogen (secondary N) is 1. The summed E-state index contributed by atoms with van der Waals surface area (Å²) in [7, 11) is 1.59. The number of nitro benzene ring substituents is 1. The van der Waals surface area contributed by atoms with Crippen molar-refractivity contribution in [3.63, 3.8) is 0 Å². The Morgan fingerprint density at radius 2 is 2.41 bits per heavy atom. The van der Waals surface area contributed by atoms with Crippen molar-refractivity contribution in [3.05, 3.63) is 28.3 Å². The van der Waals surface area contributed by atoms with Gasteiger partial charge in [-0.15, -0.1) is 0 Å². The van der Waals surface area contributed by atoms with Crippen LogP contribution in [0.4, 0.5) is 11.7 Å². The Bertz CT molecular complexity index is 537. The van der Waals surface area contributed by atoms with Crippen LogP contribution in [0.15, 0.2) is 22.6 Å². The van der Waals surface area contributed by atoms with E-state index in [1.54, 1.807) is 7.11 Å². The van der Waals surface area contributed by atoms with Crippen LogP contribution in [0.25, 0.3) is 11.1 Å². The van der Waals surface area contributed by atoms with E-state index in [9.17, 15) is 10.1 Å². The van der Waals surface area contributed by atoms with Gasteiger partial charge in [0.15, 0.2) is 5.58 Å². The molecule has 1 heterocycles. The van der Waals surface area contributed by atoms with Crippen molar-refractivity contribution in [1.29, 1.82) is 0 Å². The van der Waals surface area contributed by atoms with Crippen molar-refractivity contribution in [2.75, 3.05) is 25.6 Å². The average Bonchev–Trinajstić information content (AvgIpc) is 2.70. The number of hydrogen-bond donors (Lipinski definition) is 1. The van der Waals surface area contributed by atoms with Crippen molar-refractivity contribution in [1.82, 2.24) is 4.98 Å². The second-order valence-electron chi connectivity index (χ2n) is 3.35. The number of non-ortho nitro benzene ring substituents is 1. The van der Waals surface area contributed by atoms with Crippen LogP contribution in [-0.2, 0) is 4.74 Å². The van der Waals surface area contributed by atoms with Crippen molar-refractivity contribution in [3.8, 4) is 0 Å². The number of anilines is 1. The monoisotopic (exact) mass is 237 g/mol. The lowest BCUT2D eigenvalue weighted by Gasteiger charge is -1.98. The van der Waals surface area contributed by atoms with Gasteiger partial charge in [-0.2, -0.15) is 4.98 Å². The van der Waals surface area contributed by atoms with Gasteiger partial charge >= 0.3 is 0 Å². The van der Waals surface area contributed by atoms with Crippen LogP contribution in [0, 0.1) is 10.1 Å². The minimum Gasteiger partial charge on any atom is -0.424 e. The van der Waals surface area contributed by atoms with Gasteiger partial charge in [-0.1, -0.05) is 0 Å². The SMILES string of the molecule is COCCNc1nc2cc([N+](=O)[O-])ccc2o1. The highest BCUT2D eigenvalue weighted by atomic mass is 16.6. The molecule has 0 spiro atoms. The van der Waals surface area contributed by atoms with Gasteiger partial charge in [0, 0.05) is 25.8 Å². The second kappa shape index (κ2) is 4.79. The summed E-state index contributed by atoms with van der Waals surface area (Å²) < 4.78 is 10.2. The third kappa shape index (κ3) is 2.51. The molecule has 1 N–H and O–H groups in total. The van der Waals surface area contributed by atoms with Gasteiger partial charge in [-0.25, -0.2) is 0 Å². The standard InChI is InChI=1S/C10H11N3O4/c1-16-5-4-11-10-12-8-6-7(13(14)15)2-3-9(8)17-10/h2-3,6H,4-5H2,1H3,(H,11,12). The Morgan fingerprint density at radius 1 is 1.59 bits per heavy atom. The van der Waals surface area contributed by atoms with E-state index in [2.05, 4.69) is 10.3 Å². The van der Waals surface area contributed by atoms with Gasteiger partial charge in [0.05, 0.1) is 11.5 Å². The fourth-order valence-electron chi connectivity index (χ4n) is 1.37. The first-order valence-corrected chi connectivity index (χ1v) is 4.98. The molecule has 7 nitrogen and oxygen atoms in total. The zero-order chi connectivity index (χ0) is 12.3. The van der Waals surface area contributed by atoms with E-state index in [4.69, 9.17) is 9.15 Å². The Labute approximate surface area is 96.5 Å². The molecule has 0 radical (unpaired) electrons. The number of benzene rings is 1. The summed E-state index contributed by atoms with van der Waals surface area (Å²) in [5.41, 5.74) is 0.962. The lowest BCUT2D eigenvalue weighted by molar-refractivity contribution is -0.384. The molecule has 2 rings (SSSR count). The first-order chi connectivity index (χ1) is 8.20. The highest BCUT2D eigenvalue weighted by Crippen LogP contribution is 2.23. The summed E-state index contributed by atoms with van der Waals surface area (Å²) in [5, 5.41) is 13.5. The second-order valence-corrected chi connectivity index (χ2v) is 3.35. The van der Waals surface area contributed by atoms with E-state index in [-0.39, 0.29) is 5.69 Å². The normalized spacial score (nSPS) is 10.6. The van der Waals surface area contributed by atoms with Crippen LogP contribution in [0.5, 0.6) is 0 Å². The van der Waals surface area contributed by atoms with Crippen LogP contribution in [0.2, 0.25) is 0 Å². The molecule has 0 amide bonds. The van der Waals surface area contributed by atoms with Crippen LogP contribution in [0.1, 0.15) is 0 Å². The molecule has 2 aromatic rings. The molecule has 0 saturated carbocycles. The fraction of sp³-hybridized carbons (Fsp3) is 0.300. The first-order valence-electron chi connectivity index (χ1n) is 4.98. The van der Waals surface area contributed by atoms with E-state index in [1.807, 2.05) is 0 Å². The molecule has 0 fully saturated rings. The fourth-order valence-corrected chi connectivity index (χ4v) is 1.37. The molecule has 0 aliphatic heterocycles. The molecule has 17 heavy (non-hydrogen) atoms. The third-order valence-electron chi connectivity index (χ3n) is 2.16. The van der Waals surface area contributed by atoms with E-state index in [0.29, 0.717) is 30.3 Å². The molecule has 0 bridgehead atoms. The van der Waals surface area contributed by atoms with Crippen LogP contribution < -0.4 is 5.32 Å². The minimum absolute atomic E-state index is 0.00533. The van der Waals surface area contributed by atoms with Gasteiger partial charge in [-0.3, -0.25) is 10.1 Å². The van der Waals surface area contributed by atoms with Gasteiger partial charge in [0.1, 0.15) is 5.52 Å². The van der Waals surface area contributed by atoms with E-state index < -0.39 is 4.92 Å². The topological polar surface area (TPSA) is 90.4 Å². The molecule has 0 aliphatic rings. The molecule has 1 aromatic heterocycles. The average molecular weight is 237 g/mol. The molecular formula is C10H11N3O4. The summed E-state index contributed by atoms with van der Waals surface area (Å²) >= 11 is 0. The number of fused-ring (bicyclic) bond motifs is 1. The van der Waals surface area contributed by atoms with E-state index in [0.717, 1.165) is 0 Å². The van der Waals surface area contributed by atoms with Gasteiger partial charge in [0.25, 0.3) is 11.7 Å². The van der Waals surface area contributed by atoms with Crippen LogP contribution >= 0.6 is 0 Å². The van der Waals surface area contributed by atoms with Gasteiger partial charge in [0.2, 0.25) is 0 Å². The molecule has 1 aromatic carbocycles. The zero-order valence-corrected chi connectivity index (χ0v) is 9.17. The number of nitro groups is 1. The maximum atomic E-state index is 10.6. The van der Waals surface area contributed by atoms with E-state index in [1.165, 1.54) is 18.2 Å². The number of methoxy groups -OCH3 is 1. The van der Waals surface area contributed by atoms with Crippen LogP contribution in [0.3, 0.4) is 0 Å². The highest BCUT2D eigenvalue weighted by molar-refractivity contribution is 5.77. The summed E-state index contributed by atoms with van der Waals surface area (Å²) in [6.45, 7) is 1.09. The number of rotatable bonds is 5. The molecule has 0 saturated heterocycles. The van der Waals surface area contributed by atoms with Crippen molar-refractivity contribution in [2.45, 2.75) is 0 Å². The summed E-state index contributed by atoms with van der Waals surface area (Å²) in [6, 6.07) is 4.62. The quantitative estimate of drug-likeness (QED) is 0.484. The van der Waals surface area contributed by atoms with Crippen molar-refractivity contribution >= 4 is 22.8 Å². The maximum absolute atomic E-state index is 10.6. The zero-order valence-electron chi connectivity index (χ0n) is 9.17. The summed E-state index contributed by atoms with van der Waals surface area (Å²) in [6.07, 6.45) is 0. The van der Waals surface area contributed by atoms with Crippen molar-refractivity contribution in [2.24, 2.45) is 0 Å². The molecular weight excluding hydrogens is 226 g/mol. The molecule has 0 atom stereocenters. The number of hydrogen-bond acceptors (Lipinski definition) is 6. The smallest absolute Gasteiger partial charge is 0.295 e. The minimum atomic E-state index is -0.466. The molecule has 7 heteroatoms. The van der Waals surface area contributed by atoms with Gasteiger partial charge in [-0.05, 0) is 6.07 Å². The maximum Gasteiger partial charge on any atom is 0.295 e. The third-order valence-corrected chi connectivity index (χ3v) is 2.16. The number of ether oxygens (including phenoxy) is 1. The lowest BCUT2D eigenvalue weighted by atomic mass is 10.3. The number of nitrogens with zero attached hydrogens (tertiary/aromatic N) is 2. The summed E-state index contributed by atoms with van der Waals surface area (Å²) in [5.74, 6) is 0. The first kappa shape index (κ1) is 11.3. The van der Waals surface area contributed by atoms with Gasteiger partial charge < -0.3 is 14.5 Å². The predicted octanol–water partition coefficient (Wildman–Crippen LogP) is 1.79. The largest absolute Gasteiger partial charge is 0.424 e. The summed E-state index contributed by atoms with van der Waals surface area (Å²) in [4.78, 5) is 14.2. The lowest BCUT2D eigenvalue weighted by Crippen LogP contribution is -2.07. The highest BCUT2D eigenvalue weighted by Gasteiger charge is 2.11. The van der Waals surface area contributed by atoms with Crippen molar-refractivity contribution < 1.29 is 14.1 Å². The number of aromatic nitrogens is 1. The molecule has 0 aliphatic carbocycles. The number of oxazole rings is 1. The van der Waals surface area contributed by atoms with E-state index >= 15 is 0 Å². The Balaban J connectivity index is 2.21. The Kier molecular flexibility index (Phi) is 3.20. The Morgan fingerprint density at radius 3 is 3.12 bits per heavy atom. The molecule has 90 valence electrons. The van der Waals surface area contributed by atoms with Crippen LogP contribution in [-0.4, -0.2) is 30.2 Å². The predicted molar refractivity (Wildman–Crippen MR) is 61.0 cm³/mol. The molecule has 0 unspecified atom stereocenters.